The van der Waals surface area contributed by atoms with Crippen LogP contribution >= 0.6 is 0 Å². The minimum atomic E-state index is -1.07. The molecule has 1 aliphatic rings. The average Bonchev–Trinajstić information content (AvgIpc) is 2.65. The molecule has 3 N–H and O–H groups in total. The molecule has 0 aromatic heterocycles. The zero-order valence-electron chi connectivity index (χ0n) is 12.5. The maximum absolute atomic E-state index is 11.9. The molecule has 0 bridgehead atoms. The van der Waals surface area contributed by atoms with E-state index >= 15 is 0 Å². The van der Waals surface area contributed by atoms with Gasteiger partial charge < -0.3 is 15.7 Å². The number of rotatable bonds is 7. The standard InChI is InChI=1S/C15H28N2O3/c1-2-3-4-9-12-16-14(20)17-15(13(18)19)10-7-5-6-8-11-15/h2-12H2,1H3,(H,18,19)(H2,16,17,20). The van der Waals surface area contributed by atoms with Crippen LogP contribution in [0.25, 0.3) is 0 Å². The summed E-state index contributed by atoms with van der Waals surface area (Å²) in [4.78, 5) is 23.4. The van der Waals surface area contributed by atoms with E-state index in [9.17, 15) is 14.7 Å². The van der Waals surface area contributed by atoms with Crippen molar-refractivity contribution in [3.05, 3.63) is 0 Å². The first kappa shape index (κ1) is 16.8. The zero-order chi connectivity index (χ0) is 14.8. The number of hydrogen-bond donors (Lipinski definition) is 3. The predicted octanol–water partition coefficient (Wildman–Crippen LogP) is 3.04. The van der Waals surface area contributed by atoms with Crippen LogP contribution < -0.4 is 10.6 Å². The van der Waals surface area contributed by atoms with Gasteiger partial charge in [0.05, 0.1) is 0 Å². The molecule has 1 fully saturated rings. The number of carbonyl (C=O) groups is 2. The quantitative estimate of drug-likeness (QED) is 0.496. The van der Waals surface area contributed by atoms with Crippen molar-refractivity contribution in [3.63, 3.8) is 0 Å². The second-order valence-corrected chi connectivity index (χ2v) is 5.74. The molecule has 0 radical (unpaired) electrons. The third-order valence-electron chi connectivity index (χ3n) is 4.04. The highest BCUT2D eigenvalue weighted by molar-refractivity contribution is 5.86. The Labute approximate surface area is 121 Å². The fourth-order valence-corrected chi connectivity index (χ4v) is 2.74. The molecule has 1 saturated carbocycles. The summed E-state index contributed by atoms with van der Waals surface area (Å²) in [5, 5.41) is 15.0. The van der Waals surface area contributed by atoms with E-state index in [1.54, 1.807) is 0 Å². The average molecular weight is 284 g/mol. The first-order valence-electron chi connectivity index (χ1n) is 7.90. The summed E-state index contributed by atoms with van der Waals surface area (Å²) in [6, 6.07) is -0.342. The minimum absolute atomic E-state index is 0.342. The van der Waals surface area contributed by atoms with E-state index in [4.69, 9.17) is 0 Å². The van der Waals surface area contributed by atoms with Gasteiger partial charge in [0, 0.05) is 6.54 Å². The Hall–Kier alpha value is -1.26. The van der Waals surface area contributed by atoms with Gasteiger partial charge in [-0.2, -0.15) is 0 Å². The molecule has 0 aromatic carbocycles. The first-order chi connectivity index (χ1) is 9.60. The summed E-state index contributed by atoms with van der Waals surface area (Å²) in [6.45, 7) is 2.75. The lowest BCUT2D eigenvalue weighted by atomic mass is 9.90. The Morgan fingerprint density at radius 1 is 1.05 bits per heavy atom. The maximum atomic E-state index is 11.9. The lowest BCUT2D eigenvalue weighted by Crippen LogP contribution is -2.57. The van der Waals surface area contributed by atoms with Crippen molar-refractivity contribution < 1.29 is 14.7 Å². The maximum Gasteiger partial charge on any atom is 0.329 e. The number of carboxylic acids is 1. The SMILES string of the molecule is CCCCCCNC(=O)NC1(C(=O)O)CCCCCC1. The van der Waals surface area contributed by atoms with Crippen LogP contribution in [0.3, 0.4) is 0 Å². The fraction of sp³-hybridized carbons (Fsp3) is 0.867. The molecule has 0 spiro atoms. The first-order valence-corrected chi connectivity index (χ1v) is 7.90. The smallest absolute Gasteiger partial charge is 0.329 e. The molecule has 1 aliphatic carbocycles. The van der Waals surface area contributed by atoms with Crippen molar-refractivity contribution in [1.82, 2.24) is 10.6 Å². The Bertz CT molecular complexity index is 310. The summed E-state index contributed by atoms with van der Waals surface area (Å²) in [5.74, 6) is -0.902. The van der Waals surface area contributed by atoms with Gasteiger partial charge in [-0.05, 0) is 19.3 Å². The minimum Gasteiger partial charge on any atom is -0.480 e. The van der Waals surface area contributed by atoms with Gasteiger partial charge in [-0.15, -0.1) is 0 Å². The van der Waals surface area contributed by atoms with Crippen LogP contribution in [0.2, 0.25) is 0 Å². The Morgan fingerprint density at radius 3 is 2.25 bits per heavy atom. The molecular weight excluding hydrogens is 256 g/mol. The third-order valence-corrected chi connectivity index (χ3v) is 4.04. The molecule has 20 heavy (non-hydrogen) atoms. The van der Waals surface area contributed by atoms with Crippen molar-refractivity contribution in [3.8, 4) is 0 Å². The van der Waals surface area contributed by atoms with Gasteiger partial charge in [-0.3, -0.25) is 0 Å². The zero-order valence-corrected chi connectivity index (χ0v) is 12.5. The van der Waals surface area contributed by atoms with Gasteiger partial charge >= 0.3 is 12.0 Å². The molecule has 0 aromatic rings. The fourth-order valence-electron chi connectivity index (χ4n) is 2.74. The highest BCUT2D eigenvalue weighted by Crippen LogP contribution is 2.27. The lowest BCUT2D eigenvalue weighted by molar-refractivity contribution is -0.145. The van der Waals surface area contributed by atoms with Crippen LogP contribution in [0.1, 0.15) is 71.1 Å². The molecule has 0 unspecified atom stereocenters. The van der Waals surface area contributed by atoms with Gasteiger partial charge in [-0.1, -0.05) is 51.9 Å². The van der Waals surface area contributed by atoms with Crippen molar-refractivity contribution in [2.24, 2.45) is 0 Å². The van der Waals surface area contributed by atoms with E-state index < -0.39 is 11.5 Å². The third kappa shape index (κ3) is 5.39. The van der Waals surface area contributed by atoms with Crippen LogP contribution in [0.4, 0.5) is 4.79 Å². The summed E-state index contributed by atoms with van der Waals surface area (Å²) in [5.41, 5.74) is -1.07. The largest absolute Gasteiger partial charge is 0.480 e. The molecule has 1 rings (SSSR count). The molecular formula is C15H28N2O3. The van der Waals surface area contributed by atoms with Crippen molar-refractivity contribution in [2.45, 2.75) is 76.7 Å². The number of urea groups is 1. The van der Waals surface area contributed by atoms with E-state index in [0.29, 0.717) is 19.4 Å². The van der Waals surface area contributed by atoms with E-state index in [1.165, 1.54) is 6.42 Å². The molecule has 5 heteroatoms. The number of carbonyl (C=O) groups excluding carboxylic acids is 1. The number of amides is 2. The summed E-state index contributed by atoms with van der Waals surface area (Å²) >= 11 is 0. The molecule has 2 amide bonds. The van der Waals surface area contributed by atoms with Gasteiger partial charge in [0.2, 0.25) is 0 Å². The van der Waals surface area contributed by atoms with Crippen molar-refractivity contribution >= 4 is 12.0 Å². The molecule has 116 valence electrons. The van der Waals surface area contributed by atoms with E-state index in [1.807, 2.05) is 0 Å². The normalized spacial score (nSPS) is 18.1. The van der Waals surface area contributed by atoms with Gasteiger partial charge in [0.1, 0.15) is 5.54 Å². The number of aliphatic carboxylic acids is 1. The number of unbranched alkanes of at least 4 members (excludes halogenated alkanes) is 3. The number of carboxylic acid groups (broad SMARTS) is 1. The molecule has 0 aliphatic heterocycles. The van der Waals surface area contributed by atoms with E-state index in [-0.39, 0.29) is 6.03 Å². The van der Waals surface area contributed by atoms with Crippen LogP contribution in [0.15, 0.2) is 0 Å². The van der Waals surface area contributed by atoms with E-state index in [2.05, 4.69) is 17.6 Å². The van der Waals surface area contributed by atoms with Crippen LogP contribution in [0.5, 0.6) is 0 Å². The van der Waals surface area contributed by atoms with Crippen LogP contribution in [0, 0.1) is 0 Å². The monoisotopic (exact) mass is 284 g/mol. The highest BCUT2D eigenvalue weighted by Gasteiger charge is 2.39. The molecule has 0 saturated heterocycles. The van der Waals surface area contributed by atoms with Gasteiger partial charge in [0.25, 0.3) is 0 Å². The van der Waals surface area contributed by atoms with Gasteiger partial charge in [-0.25, -0.2) is 9.59 Å². The van der Waals surface area contributed by atoms with Crippen molar-refractivity contribution in [1.29, 1.82) is 0 Å². The van der Waals surface area contributed by atoms with Crippen molar-refractivity contribution in [2.75, 3.05) is 6.54 Å². The Morgan fingerprint density at radius 2 is 1.70 bits per heavy atom. The Kier molecular flexibility index (Phi) is 7.41. The summed E-state index contributed by atoms with van der Waals surface area (Å²) < 4.78 is 0. The summed E-state index contributed by atoms with van der Waals surface area (Å²) in [7, 11) is 0. The van der Waals surface area contributed by atoms with Gasteiger partial charge in [0.15, 0.2) is 0 Å². The van der Waals surface area contributed by atoms with Crippen LogP contribution in [-0.2, 0) is 4.79 Å². The topological polar surface area (TPSA) is 78.4 Å². The van der Waals surface area contributed by atoms with Crippen LogP contribution in [-0.4, -0.2) is 29.2 Å². The number of hydrogen-bond acceptors (Lipinski definition) is 2. The molecule has 0 atom stereocenters. The second-order valence-electron chi connectivity index (χ2n) is 5.74. The lowest BCUT2D eigenvalue weighted by Gasteiger charge is -2.29. The van der Waals surface area contributed by atoms with E-state index in [0.717, 1.165) is 44.9 Å². The molecule has 0 heterocycles. The Balaban J connectivity index is 2.40. The summed E-state index contributed by atoms with van der Waals surface area (Å²) in [6.07, 6.45) is 9.27. The highest BCUT2D eigenvalue weighted by atomic mass is 16.4. The predicted molar refractivity (Wildman–Crippen MR) is 78.7 cm³/mol. The number of nitrogens with one attached hydrogen (secondary N) is 2. The molecule has 5 nitrogen and oxygen atoms in total. The second kappa shape index (κ2) is 8.82.